The highest BCUT2D eigenvalue weighted by atomic mass is 32.2. The second-order valence-corrected chi connectivity index (χ2v) is 9.77. The highest BCUT2D eigenvalue weighted by Crippen LogP contribution is 2.62. The third-order valence-corrected chi connectivity index (χ3v) is 7.36. The van der Waals surface area contributed by atoms with Crippen molar-refractivity contribution in [3.63, 3.8) is 0 Å². The summed E-state index contributed by atoms with van der Waals surface area (Å²) in [6, 6.07) is 10.8. The van der Waals surface area contributed by atoms with Gasteiger partial charge in [-0.05, 0) is 56.3 Å². The molecule has 0 spiro atoms. The first-order valence-corrected chi connectivity index (χ1v) is 12.3. The highest BCUT2D eigenvalue weighted by Gasteiger charge is 2.39. The average Bonchev–Trinajstić information content (AvgIpc) is 2.71. The molecule has 0 radical (unpaired) electrons. The van der Waals surface area contributed by atoms with Gasteiger partial charge in [0.05, 0.1) is 32.3 Å². The molecule has 2 aromatic rings. The van der Waals surface area contributed by atoms with Crippen LogP contribution < -0.4 is 19.9 Å². The van der Waals surface area contributed by atoms with Crippen LogP contribution in [0.3, 0.4) is 0 Å². The van der Waals surface area contributed by atoms with E-state index in [1.807, 2.05) is 0 Å². The molecule has 11 heteroatoms. The van der Waals surface area contributed by atoms with Crippen molar-refractivity contribution in [2.24, 2.45) is 5.14 Å². The molecule has 2 aromatic carbocycles. The Morgan fingerprint density at radius 1 is 1.00 bits per heavy atom. The fourth-order valence-corrected chi connectivity index (χ4v) is 5.28. The van der Waals surface area contributed by atoms with Gasteiger partial charge in [-0.25, -0.2) is 13.6 Å². The molecule has 0 saturated heterocycles. The lowest BCUT2D eigenvalue weighted by molar-refractivity contribution is 0.213. The molecule has 0 aromatic heterocycles. The molecular weight excluding hydrogens is 431 g/mol. The quantitative estimate of drug-likeness (QED) is 0.488. The molecule has 0 bridgehead atoms. The van der Waals surface area contributed by atoms with Gasteiger partial charge in [-0.2, -0.15) is 0 Å². The van der Waals surface area contributed by atoms with Gasteiger partial charge in [-0.15, -0.1) is 0 Å². The molecule has 1 unspecified atom stereocenters. The third-order valence-electron chi connectivity index (χ3n) is 4.15. The van der Waals surface area contributed by atoms with Gasteiger partial charge in [0.1, 0.15) is 11.5 Å². The number of hydrogen-bond donors (Lipinski definition) is 2. The molecule has 9 nitrogen and oxygen atoms in total. The summed E-state index contributed by atoms with van der Waals surface area (Å²) in [5.41, 5.74) is 0.981. The van der Waals surface area contributed by atoms with E-state index in [-0.39, 0.29) is 18.1 Å². The Balaban J connectivity index is 2.58. The number of nitrogens with one attached hydrogen (secondary N) is 1. The predicted molar refractivity (Wildman–Crippen MR) is 115 cm³/mol. The minimum absolute atomic E-state index is 0.0404. The van der Waals surface area contributed by atoms with E-state index in [0.717, 1.165) is 0 Å². The van der Waals surface area contributed by atoms with E-state index in [1.54, 1.807) is 32.0 Å². The minimum Gasteiger partial charge on any atom is -0.497 e. The summed E-state index contributed by atoms with van der Waals surface area (Å²) in [6.45, 7) is 3.75. The monoisotopic (exact) mass is 458 g/mol. The van der Waals surface area contributed by atoms with Gasteiger partial charge in [-0.1, -0.05) is 0 Å². The number of nitrogens with two attached hydrogens (primary N) is 1. The Hall–Kier alpha value is -2.10. The standard InChI is InChI=1S/C19H27N2O7PS/c1-5-27-29(22,28-6-2)19(17-13-15(25-3)9-12-18(17)26-4)21-14-7-10-16(11-8-14)30(20,23)24/h7-13,19,21H,5-6H2,1-4H3,(H2,20,23,24). The first kappa shape index (κ1) is 24.2. The van der Waals surface area contributed by atoms with E-state index in [0.29, 0.717) is 22.7 Å². The topological polar surface area (TPSA) is 126 Å². The van der Waals surface area contributed by atoms with E-state index in [2.05, 4.69) is 5.32 Å². The van der Waals surface area contributed by atoms with Crippen LogP contribution >= 0.6 is 7.60 Å². The third kappa shape index (κ3) is 5.74. The number of methoxy groups -OCH3 is 2. The SMILES string of the molecule is CCOP(=O)(OCC)C(Nc1ccc(S(N)(=O)=O)cc1)c1cc(OC)ccc1OC. The van der Waals surface area contributed by atoms with Crippen LogP contribution in [0.15, 0.2) is 47.4 Å². The molecule has 166 valence electrons. The Kier molecular flexibility index (Phi) is 8.28. The second-order valence-electron chi connectivity index (χ2n) is 6.10. The predicted octanol–water partition coefficient (Wildman–Crippen LogP) is 3.73. The van der Waals surface area contributed by atoms with Crippen LogP contribution in [0.4, 0.5) is 5.69 Å². The van der Waals surface area contributed by atoms with Crippen molar-refractivity contribution in [3.05, 3.63) is 48.0 Å². The molecule has 0 aliphatic rings. The Morgan fingerprint density at radius 2 is 1.60 bits per heavy atom. The number of hydrogen-bond acceptors (Lipinski definition) is 8. The molecule has 3 N–H and O–H groups in total. The highest BCUT2D eigenvalue weighted by molar-refractivity contribution is 7.89. The van der Waals surface area contributed by atoms with Crippen LogP contribution in [0.2, 0.25) is 0 Å². The molecule has 0 amide bonds. The summed E-state index contributed by atoms with van der Waals surface area (Å²) in [5, 5.41) is 8.28. The molecule has 0 aliphatic carbocycles. The smallest absolute Gasteiger partial charge is 0.357 e. The zero-order valence-electron chi connectivity index (χ0n) is 17.3. The van der Waals surface area contributed by atoms with Gasteiger partial charge in [0.15, 0.2) is 5.78 Å². The number of ether oxygens (including phenoxy) is 2. The molecule has 0 aliphatic heterocycles. The molecular formula is C19H27N2O7PS. The minimum atomic E-state index is -3.83. The van der Waals surface area contributed by atoms with Gasteiger partial charge in [0.25, 0.3) is 0 Å². The van der Waals surface area contributed by atoms with E-state index in [4.69, 9.17) is 23.7 Å². The zero-order chi connectivity index (χ0) is 22.4. The molecule has 1 atom stereocenters. The first-order chi connectivity index (χ1) is 14.2. The molecule has 0 fully saturated rings. The van der Waals surface area contributed by atoms with E-state index >= 15 is 0 Å². The van der Waals surface area contributed by atoms with Gasteiger partial charge < -0.3 is 23.8 Å². The summed E-state index contributed by atoms with van der Waals surface area (Å²) >= 11 is 0. The Morgan fingerprint density at radius 3 is 2.07 bits per heavy atom. The van der Waals surface area contributed by atoms with Crippen molar-refractivity contribution in [1.82, 2.24) is 0 Å². The molecule has 0 saturated carbocycles. The van der Waals surface area contributed by atoms with Crippen LogP contribution in [0.5, 0.6) is 11.5 Å². The normalized spacial score (nSPS) is 13.0. The lowest BCUT2D eigenvalue weighted by atomic mass is 10.1. The maximum Gasteiger partial charge on any atom is 0.357 e. The van der Waals surface area contributed by atoms with Gasteiger partial charge >= 0.3 is 7.60 Å². The number of primary sulfonamides is 1. The average molecular weight is 458 g/mol. The second kappa shape index (κ2) is 10.3. The largest absolute Gasteiger partial charge is 0.497 e. The van der Waals surface area contributed by atoms with Crippen molar-refractivity contribution < 1.29 is 31.5 Å². The number of benzene rings is 2. The zero-order valence-corrected chi connectivity index (χ0v) is 19.0. The first-order valence-electron chi connectivity index (χ1n) is 9.18. The maximum absolute atomic E-state index is 13.7. The van der Waals surface area contributed by atoms with E-state index in [1.165, 1.54) is 38.5 Å². The fourth-order valence-electron chi connectivity index (χ4n) is 2.83. The van der Waals surface area contributed by atoms with Gasteiger partial charge in [0, 0.05) is 11.3 Å². The maximum atomic E-state index is 13.7. The molecule has 0 heterocycles. The fraction of sp³-hybridized carbons (Fsp3) is 0.368. The van der Waals surface area contributed by atoms with Crippen LogP contribution in [0.25, 0.3) is 0 Å². The van der Waals surface area contributed by atoms with Crippen molar-refractivity contribution in [2.75, 3.05) is 32.8 Å². The molecule has 30 heavy (non-hydrogen) atoms. The number of rotatable bonds is 11. The number of anilines is 1. The van der Waals surface area contributed by atoms with Gasteiger partial charge in [0.2, 0.25) is 10.0 Å². The van der Waals surface area contributed by atoms with E-state index < -0.39 is 23.4 Å². The van der Waals surface area contributed by atoms with Gasteiger partial charge in [-0.3, -0.25) is 4.57 Å². The van der Waals surface area contributed by atoms with Crippen LogP contribution in [0.1, 0.15) is 25.2 Å². The summed E-state index contributed by atoms with van der Waals surface area (Å²) in [6.07, 6.45) is 0. The summed E-state index contributed by atoms with van der Waals surface area (Å²) in [7, 11) is -4.54. The Bertz CT molecular complexity index is 986. The van der Waals surface area contributed by atoms with Crippen molar-refractivity contribution >= 4 is 23.3 Å². The van der Waals surface area contributed by atoms with Crippen LogP contribution in [-0.4, -0.2) is 35.9 Å². The van der Waals surface area contributed by atoms with Crippen LogP contribution in [0, 0.1) is 0 Å². The lowest BCUT2D eigenvalue weighted by Crippen LogP contribution is -2.17. The lowest BCUT2D eigenvalue weighted by Gasteiger charge is -2.29. The molecule has 2 rings (SSSR count). The summed E-state index contributed by atoms with van der Waals surface area (Å²) in [5.74, 6) is 0.0265. The summed E-state index contributed by atoms with van der Waals surface area (Å²) < 4.78 is 58.6. The summed E-state index contributed by atoms with van der Waals surface area (Å²) in [4.78, 5) is -0.0404. The van der Waals surface area contributed by atoms with Crippen molar-refractivity contribution in [3.8, 4) is 11.5 Å². The van der Waals surface area contributed by atoms with Crippen molar-refractivity contribution in [2.45, 2.75) is 24.5 Å². The van der Waals surface area contributed by atoms with Crippen LogP contribution in [-0.2, 0) is 23.6 Å². The Labute approximate surface area is 177 Å². The van der Waals surface area contributed by atoms with Crippen molar-refractivity contribution in [1.29, 1.82) is 0 Å². The van der Waals surface area contributed by atoms with E-state index in [9.17, 15) is 13.0 Å². The number of sulfonamides is 1.